The summed E-state index contributed by atoms with van der Waals surface area (Å²) in [5.74, 6) is 3.38. The Morgan fingerprint density at radius 3 is 2.19 bits per heavy atom. The molecular weight excluding hydrogens is 360 g/mol. The molecular formula is C20H24N4O2S. The van der Waals surface area contributed by atoms with Gasteiger partial charge in [0.1, 0.15) is 11.5 Å². The zero-order valence-electron chi connectivity index (χ0n) is 15.7. The number of pyridine rings is 1. The molecule has 0 aliphatic carbocycles. The highest BCUT2D eigenvalue weighted by atomic mass is 32.2. The SMILES string of the molecule is CCCOc1ccc(OCCSc2nnc(-c3ccncc3)n2CC)cc1. The summed E-state index contributed by atoms with van der Waals surface area (Å²) in [6, 6.07) is 11.6. The summed E-state index contributed by atoms with van der Waals surface area (Å²) in [6.45, 7) is 6.33. The quantitative estimate of drug-likeness (QED) is 0.383. The molecule has 0 amide bonds. The molecule has 0 radical (unpaired) electrons. The topological polar surface area (TPSA) is 62.1 Å². The Balaban J connectivity index is 1.51. The molecule has 0 saturated heterocycles. The van der Waals surface area contributed by atoms with Crippen molar-refractivity contribution in [1.82, 2.24) is 19.7 Å². The van der Waals surface area contributed by atoms with Crippen LogP contribution in [0, 0.1) is 0 Å². The molecule has 6 nitrogen and oxygen atoms in total. The van der Waals surface area contributed by atoms with Gasteiger partial charge in [0.2, 0.25) is 0 Å². The van der Waals surface area contributed by atoms with Crippen LogP contribution in [0.15, 0.2) is 53.9 Å². The van der Waals surface area contributed by atoms with Crippen LogP contribution >= 0.6 is 11.8 Å². The number of ether oxygens (including phenoxy) is 2. The minimum Gasteiger partial charge on any atom is -0.494 e. The van der Waals surface area contributed by atoms with Crippen molar-refractivity contribution < 1.29 is 9.47 Å². The fourth-order valence-electron chi connectivity index (χ4n) is 2.54. The van der Waals surface area contributed by atoms with Gasteiger partial charge in [-0.1, -0.05) is 18.7 Å². The lowest BCUT2D eigenvalue weighted by Gasteiger charge is -2.09. The van der Waals surface area contributed by atoms with Crippen LogP contribution < -0.4 is 9.47 Å². The van der Waals surface area contributed by atoms with Gasteiger partial charge in [-0.25, -0.2) is 0 Å². The van der Waals surface area contributed by atoms with Crippen molar-refractivity contribution in [2.24, 2.45) is 0 Å². The molecule has 0 unspecified atom stereocenters. The van der Waals surface area contributed by atoms with Crippen LogP contribution in [0.5, 0.6) is 11.5 Å². The second-order valence-corrected chi connectivity index (χ2v) is 6.87. The Bertz CT molecular complexity index is 822. The van der Waals surface area contributed by atoms with Gasteiger partial charge in [0.25, 0.3) is 0 Å². The first kappa shape index (κ1) is 19.2. The molecule has 0 spiro atoms. The van der Waals surface area contributed by atoms with Crippen LogP contribution in [0.2, 0.25) is 0 Å². The fraction of sp³-hybridized carbons (Fsp3) is 0.350. The summed E-state index contributed by atoms with van der Waals surface area (Å²) < 4.78 is 13.5. The van der Waals surface area contributed by atoms with Crippen molar-refractivity contribution in [3.63, 3.8) is 0 Å². The summed E-state index contributed by atoms with van der Waals surface area (Å²) >= 11 is 1.64. The van der Waals surface area contributed by atoms with E-state index >= 15 is 0 Å². The third kappa shape index (κ3) is 5.23. The largest absolute Gasteiger partial charge is 0.494 e. The van der Waals surface area contributed by atoms with Gasteiger partial charge in [0.15, 0.2) is 11.0 Å². The molecule has 3 rings (SSSR count). The molecule has 2 heterocycles. The van der Waals surface area contributed by atoms with Gasteiger partial charge in [0.05, 0.1) is 13.2 Å². The molecule has 0 aliphatic rings. The summed E-state index contributed by atoms with van der Waals surface area (Å²) in [6.07, 6.45) is 4.53. The highest BCUT2D eigenvalue weighted by molar-refractivity contribution is 7.99. The van der Waals surface area contributed by atoms with E-state index in [0.29, 0.717) is 6.61 Å². The van der Waals surface area contributed by atoms with E-state index in [0.717, 1.165) is 53.4 Å². The van der Waals surface area contributed by atoms with Crippen molar-refractivity contribution in [3.05, 3.63) is 48.8 Å². The van der Waals surface area contributed by atoms with Crippen molar-refractivity contribution in [2.75, 3.05) is 19.0 Å². The first-order chi connectivity index (χ1) is 13.3. The smallest absolute Gasteiger partial charge is 0.191 e. The average Bonchev–Trinajstić information content (AvgIpc) is 3.14. The summed E-state index contributed by atoms with van der Waals surface area (Å²) in [5.41, 5.74) is 1.02. The lowest BCUT2D eigenvalue weighted by Crippen LogP contribution is -2.04. The average molecular weight is 385 g/mol. The highest BCUT2D eigenvalue weighted by Crippen LogP contribution is 2.24. The second-order valence-electron chi connectivity index (χ2n) is 5.80. The van der Waals surface area contributed by atoms with E-state index in [2.05, 4.69) is 33.6 Å². The van der Waals surface area contributed by atoms with Crippen LogP contribution in [-0.2, 0) is 6.54 Å². The molecule has 7 heteroatoms. The minimum atomic E-state index is 0.598. The lowest BCUT2D eigenvalue weighted by molar-refractivity contribution is 0.314. The van der Waals surface area contributed by atoms with Crippen molar-refractivity contribution in [3.8, 4) is 22.9 Å². The van der Waals surface area contributed by atoms with E-state index in [1.165, 1.54) is 0 Å². The van der Waals surface area contributed by atoms with Gasteiger partial charge in [-0.3, -0.25) is 4.98 Å². The van der Waals surface area contributed by atoms with Gasteiger partial charge in [-0.15, -0.1) is 10.2 Å². The molecule has 0 aliphatic heterocycles. The Kier molecular flexibility index (Phi) is 7.10. The normalized spacial score (nSPS) is 10.7. The molecule has 0 bridgehead atoms. The first-order valence-electron chi connectivity index (χ1n) is 9.14. The molecule has 1 aromatic carbocycles. The molecule has 0 fully saturated rings. The molecule has 0 N–H and O–H groups in total. The Morgan fingerprint density at radius 2 is 1.56 bits per heavy atom. The van der Waals surface area contributed by atoms with Crippen molar-refractivity contribution in [2.45, 2.75) is 32.0 Å². The van der Waals surface area contributed by atoms with Gasteiger partial charge in [-0.2, -0.15) is 0 Å². The zero-order chi connectivity index (χ0) is 18.9. The Morgan fingerprint density at radius 1 is 0.889 bits per heavy atom. The molecule has 0 atom stereocenters. The third-order valence-corrected chi connectivity index (χ3v) is 4.78. The molecule has 27 heavy (non-hydrogen) atoms. The maximum absolute atomic E-state index is 5.81. The Labute approximate surface area is 163 Å². The number of benzene rings is 1. The maximum atomic E-state index is 5.81. The summed E-state index contributed by atoms with van der Waals surface area (Å²) in [4.78, 5) is 4.06. The van der Waals surface area contributed by atoms with Gasteiger partial charge in [0, 0.05) is 30.3 Å². The van der Waals surface area contributed by atoms with E-state index < -0.39 is 0 Å². The number of nitrogens with zero attached hydrogens (tertiary/aromatic N) is 4. The van der Waals surface area contributed by atoms with Gasteiger partial charge in [-0.05, 0) is 49.7 Å². The maximum Gasteiger partial charge on any atom is 0.191 e. The van der Waals surface area contributed by atoms with Crippen molar-refractivity contribution >= 4 is 11.8 Å². The number of aromatic nitrogens is 4. The summed E-state index contributed by atoms with van der Waals surface area (Å²) in [7, 11) is 0. The predicted octanol–water partition coefficient (Wildman–Crippen LogP) is 4.32. The minimum absolute atomic E-state index is 0.598. The second kappa shape index (κ2) is 9.97. The third-order valence-electron chi connectivity index (χ3n) is 3.85. The van der Waals surface area contributed by atoms with Crippen LogP contribution in [0.4, 0.5) is 0 Å². The van der Waals surface area contributed by atoms with Gasteiger partial charge >= 0.3 is 0 Å². The predicted molar refractivity (Wildman–Crippen MR) is 107 cm³/mol. The number of thioether (sulfide) groups is 1. The van der Waals surface area contributed by atoms with E-state index in [9.17, 15) is 0 Å². The number of rotatable bonds is 10. The van der Waals surface area contributed by atoms with Crippen LogP contribution in [0.3, 0.4) is 0 Å². The molecule has 3 aromatic rings. The summed E-state index contributed by atoms with van der Waals surface area (Å²) in [5, 5.41) is 9.57. The van der Waals surface area contributed by atoms with E-state index in [4.69, 9.17) is 9.47 Å². The first-order valence-corrected chi connectivity index (χ1v) is 10.1. The zero-order valence-corrected chi connectivity index (χ0v) is 16.5. The van der Waals surface area contributed by atoms with Crippen LogP contribution in [0.1, 0.15) is 20.3 Å². The van der Waals surface area contributed by atoms with Crippen LogP contribution in [0.25, 0.3) is 11.4 Å². The van der Waals surface area contributed by atoms with Crippen molar-refractivity contribution in [1.29, 1.82) is 0 Å². The van der Waals surface area contributed by atoms with E-state index in [1.54, 1.807) is 24.2 Å². The van der Waals surface area contributed by atoms with E-state index in [1.807, 2.05) is 36.4 Å². The molecule has 2 aromatic heterocycles. The fourth-order valence-corrected chi connectivity index (χ4v) is 3.36. The Hall–Kier alpha value is -2.54. The standard InChI is InChI=1S/C20H24N4O2S/c1-3-13-25-17-5-7-18(8-6-17)26-14-15-27-20-23-22-19(24(20)4-2)16-9-11-21-12-10-16/h5-12H,3-4,13-15H2,1-2H3. The number of hydrogen-bond donors (Lipinski definition) is 0. The lowest BCUT2D eigenvalue weighted by atomic mass is 10.2. The van der Waals surface area contributed by atoms with Crippen LogP contribution in [-0.4, -0.2) is 38.7 Å². The van der Waals surface area contributed by atoms with Gasteiger partial charge < -0.3 is 14.0 Å². The van der Waals surface area contributed by atoms with E-state index in [-0.39, 0.29) is 0 Å². The monoisotopic (exact) mass is 384 g/mol. The number of hydrogen-bond acceptors (Lipinski definition) is 6. The molecule has 0 saturated carbocycles. The highest BCUT2D eigenvalue weighted by Gasteiger charge is 2.12. The molecule has 142 valence electrons.